The Balaban J connectivity index is 0.000000234. The number of aliphatic carboxylic acids is 2. The molecule has 95 heavy (non-hydrogen) atoms. The third kappa shape index (κ3) is 20.2. The van der Waals surface area contributed by atoms with Crippen LogP contribution >= 0.6 is 11.6 Å². The zero-order chi connectivity index (χ0) is 69.5. The number of carboxylic acid groups (broad SMARTS) is 2. The monoisotopic (exact) mass is 1330 g/mol. The number of aliphatic hydroxyl groups is 2. The zero-order valence-corrected chi connectivity index (χ0v) is 56.2. The van der Waals surface area contributed by atoms with Gasteiger partial charge in [0.15, 0.2) is 0 Å². The third-order valence-electron chi connectivity index (χ3n) is 16.8. The van der Waals surface area contributed by atoms with Gasteiger partial charge in [-0.2, -0.15) is 0 Å². The number of nitrogens with zero attached hydrogens (tertiary/aromatic N) is 2. The number of nitrogens with one attached hydrogen (secondary N) is 3. The number of aromatic nitrogens is 1. The number of carboxylic acids is 2. The number of methoxy groups -OCH3 is 1. The number of para-hydroxylation sites is 1. The van der Waals surface area contributed by atoms with Gasteiger partial charge in [0.25, 0.3) is 5.91 Å². The lowest BCUT2D eigenvalue weighted by atomic mass is 9.80. The van der Waals surface area contributed by atoms with E-state index in [0.29, 0.717) is 88.2 Å². The fraction of sp³-hybridized carbons (Fsp3) is 0.458. The number of dihydropyridines is 1. The van der Waals surface area contributed by atoms with Gasteiger partial charge in [0.1, 0.15) is 17.9 Å². The van der Waals surface area contributed by atoms with E-state index in [9.17, 15) is 53.3 Å². The second-order valence-corrected chi connectivity index (χ2v) is 24.3. The van der Waals surface area contributed by atoms with Crippen LogP contribution in [0.1, 0.15) is 146 Å². The number of benzene rings is 4. The highest BCUT2D eigenvalue weighted by atomic mass is 35.5. The number of ether oxygens (including phenoxy) is 4. The second kappa shape index (κ2) is 37.2. The number of nitrogens with two attached hydrogens (primary N) is 1. The van der Waals surface area contributed by atoms with E-state index in [2.05, 4.69) is 16.0 Å². The summed E-state index contributed by atoms with van der Waals surface area (Å²) in [6, 6.07) is 29.9. The summed E-state index contributed by atoms with van der Waals surface area (Å²) in [7, 11) is 1.29. The molecule has 514 valence electrons. The topological polar surface area (TPSA) is 308 Å². The minimum Gasteiger partial charge on any atom is -0.481 e. The minimum absolute atomic E-state index is 0.00817. The molecule has 1 saturated carbocycles. The molecule has 3 heterocycles. The number of rotatable bonds is 28. The fourth-order valence-corrected chi connectivity index (χ4v) is 13.0. The van der Waals surface area contributed by atoms with Gasteiger partial charge in [-0.25, -0.2) is 18.8 Å². The van der Waals surface area contributed by atoms with Crippen molar-refractivity contribution in [2.45, 2.75) is 167 Å². The maximum Gasteiger partial charge on any atom is 0.336 e. The van der Waals surface area contributed by atoms with Gasteiger partial charge in [-0.3, -0.25) is 24.5 Å². The number of halogens is 2. The summed E-state index contributed by atoms with van der Waals surface area (Å²) in [6.45, 7) is 14.4. The molecule has 1 aliphatic carbocycles. The molecule has 1 saturated heterocycles. The number of carbonyl (C=O) groups is 7. The van der Waals surface area contributed by atoms with Crippen molar-refractivity contribution in [3.05, 3.63) is 159 Å². The molecular formula is C72H92ClFN6O15. The SMILES string of the molecule is CC(C)c1c(C(=O)Nc2ccccc2)c(-c2ccccc2)c(-c2ccc(F)cc2)n1CC[C@@H](O)C[C@@H](O)CC(=O)O.CCC[C@H](N[C@@H](C)C(=O)N1[C@H](C(=O)O)C[C@@H]2CCCC[C@@H]21)C(=O)OCC.CCOC(=O)C1=C(COCCN)NC(C)=C(C(=O)OC)C1c1ccccc1Cl. The van der Waals surface area contributed by atoms with Gasteiger partial charge in [-0.05, 0) is 137 Å². The first-order valence-electron chi connectivity index (χ1n) is 32.5. The van der Waals surface area contributed by atoms with Crippen LogP contribution in [0.2, 0.25) is 5.02 Å². The summed E-state index contributed by atoms with van der Waals surface area (Å²) in [4.78, 5) is 89.0. The molecule has 2 aliphatic heterocycles. The molecule has 8 atom stereocenters. The molecule has 1 aromatic heterocycles. The van der Waals surface area contributed by atoms with E-state index in [1.165, 1.54) is 19.2 Å². The largest absolute Gasteiger partial charge is 0.481 e. The molecule has 9 N–H and O–H groups in total. The van der Waals surface area contributed by atoms with Gasteiger partial charge < -0.3 is 65.2 Å². The number of amides is 2. The summed E-state index contributed by atoms with van der Waals surface area (Å²) in [5.74, 6) is -5.04. The van der Waals surface area contributed by atoms with Crippen LogP contribution in [-0.2, 0) is 54.3 Å². The molecular weight excluding hydrogens is 1240 g/mol. The van der Waals surface area contributed by atoms with Gasteiger partial charge >= 0.3 is 29.8 Å². The molecule has 21 nitrogen and oxygen atoms in total. The fourth-order valence-electron chi connectivity index (χ4n) is 12.7. The first kappa shape index (κ1) is 75.8. The minimum atomic E-state index is -1.18. The predicted molar refractivity (Wildman–Crippen MR) is 359 cm³/mol. The average molecular weight is 1340 g/mol. The Hall–Kier alpha value is -8.25. The van der Waals surface area contributed by atoms with Crippen LogP contribution in [0.3, 0.4) is 0 Å². The van der Waals surface area contributed by atoms with Crippen LogP contribution in [0.5, 0.6) is 0 Å². The second-order valence-electron chi connectivity index (χ2n) is 23.9. The normalized spacial score (nSPS) is 17.9. The van der Waals surface area contributed by atoms with Crippen molar-refractivity contribution in [1.82, 2.24) is 20.1 Å². The maximum absolute atomic E-state index is 14.0. The Morgan fingerprint density at radius 2 is 1.43 bits per heavy atom. The van der Waals surface area contributed by atoms with Crippen LogP contribution in [0.15, 0.2) is 132 Å². The standard InChI is InChI=1S/C33H35FN2O5.C20H25ClN2O5.C19H32N2O5/c1-21(2)31-30(33(41)35-25-11-7-4-8-12-25)29(22-9-5-3-6-10-22)32(23-13-15-24(34)16-14-23)36(31)18-17-26(37)19-27(38)20-28(39)40;1-4-28-20(25)18-15(11-27-10-9-22)23-12(2)16(19(24)26-3)17(18)13-7-5-6-8-14(13)21;1-4-8-14(19(25)26-5-2)20-12(3)17(22)21-15-10-7-6-9-13(15)11-16(21)18(23)24/h3-16,21,26-27,37-38H,17-20H2,1-2H3,(H,35,41)(H,39,40);5-8,17,23H,4,9-11,22H2,1-3H3;12-16,20H,4-11H2,1-3H3,(H,23,24)/t26-,27-;;12-,13-,14-,15-,16-/m1.0/s1. The first-order chi connectivity index (χ1) is 45.5. The van der Waals surface area contributed by atoms with Crippen molar-refractivity contribution in [2.24, 2.45) is 11.7 Å². The average Bonchev–Trinajstić information content (AvgIpc) is 1.69. The molecule has 1 unspecified atom stereocenters. The van der Waals surface area contributed by atoms with E-state index >= 15 is 0 Å². The lowest BCUT2D eigenvalue weighted by molar-refractivity contribution is -0.152. The Morgan fingerprint density at radius 3 is 2.03 bits per heavy atom. The molecule has 5 aromatic rings. The van der Waals surface area contributed by atoms with E-state index in [0.717, 1.165) is 43.4 Å². The van der Waals surface area contributed by atoms with Gasteiger partial charge in [0.05, 0.1) is 92.2 Å². The quantitative estimate of drug-likeness (QED) is 0.0131. The smallest absolute Gasteiger partial charge is 0.336 e. The molecule has 2 fully saturated rings. The number of fused-ring (bicyclic) bond motifs is 1. The number of hydrogen-bond acceptors (Lipinski definition) is 16. The highest BCUT2D eigenvalue weighted by Gasteiger charge is 2.49. The van der Waals surface area contributed by atoms with E-state index in [-0.39, 0.29) is 79.7 Å². The van der Waals surface area contributed by atoms with Gasteiger partial charge in [-0.15, -0.1) is 0 Å². The molecule has 4 aromatic carbocycles. The summed E-state index contributed by atoms with van der Waals surface area (Å²) in [6.07, 6.45) is 3.37. The number of anilines is 1. The van der Waals surface area contributed by atoms with Crippen LogP contribution < -0.4 is 21.7 Å². The maximum atomic E-state index is 14.0. The summed E-state index contributed by atoms with van der Waals surface area (Å²) >= 11 is 6.42. The Bertz CT molecular complexity index is 3470. The van der Waals surface area contributed by atoms with Gasteiger partial charge in [0, 0.05) is 46.8 Å². The number of likely N-dealkylation sites (tertiary alicyclic amines) is 1. The van der Waals surface area contributed by atoms with Crippen LogP contribution in [0, 0.1) is 11.7 Å². The van der Waals surface area contributed by atoms with Crippen molar-refractivity contribution >= 4 is 58.9 Å². The molecule has 23 heteroatoms. The lowest BCUT2D eigenvalue weighted by Gasteiger charge is -2.35. The molecule has 0 bridgehead atoms. The van der Waals surface area contributed by atoms with Crippen molar-refractivity contribution in [3.63, 3.8) is 0 Å². The predicted octanol–water partition coefficient (Wildman–Crippen LogP) is 10.5. The number of aliphatic hydroxyl groups excluding tert-OH is 2. The number of carbonyl (C=O) groups excluding carboxylic acids is 5. The van der Waals surface area contributed by atoms with Gasteiger partial charge in [-0.1, -0.05) is 118 Å². The van der Waals surface area contributed by atoms with E-state index in [4.69, 9.17) is 41.4 Å². The van der Waals surface area contributed by atoms with E-state index in [1.807, 2.05) is 86.0 Å². The van der Waals surface area contributed by atoms with Crippen molar-refractivity contribution < 1.29 is 77.3 Å². The Labute approximate surface area is 560 Å². The summed E-state index contributed by atoms with van der Waals surface area (Å²) < 4.78 is 36.9. The zero-order valence-electron chi connectivity index (χ0n) is 55.4. The van der Waals surface area contributed by atoms with Crippen LogP contribution in [-0.4, -0.2) is 148 Å². The highest BCUT2D eigenvalue weighted by molar-refractivity contribution is 6.31. The van der Waals surface area contributed by atoms with Crippen molar-refractivity contribution in [2.75, 3.05) is 45.4 Å². The van der Waals surface area contributed by atoms with Crippen LogP contribution in [0.4, 0.5) is 10.1 Å². The number of allylic oxidation sites excluding steroid dienone is 1. The van der Waals surface area contributed by atoms with Crippen LogP contribution in [0.25, 0.3) is 22.4 Å². The van der Waals surface area contributed by atoms with Crippen molar-refractivity contribution in [3.8, 4) is 22.4 Å². The molecule has 8 rings (SSSR count). The summed E-state index contributed by atoms with van der Waals surface area (Å²) in [5, 5.41) is 49.0. The number of hydrogen-bond donors (Lipinski definition) is 8. The highest BCUT2D eigenvalue weighted by Crippen LogP contribution is 2.45. The van der Waals surface area contributed by atoms with E-state index in [1.54, 1.807) is 69.0 Å². The third-order valence-corrected chi connectivity index (χ3v) is 17.1. The molecule has 2 amide bonds. The Morgan fingerprint density at radius 1 is 0.789 bits per heavy atom. The molecule has 3 aliphatic rings. The van der Waals surface area contributed by atoms with E-state index < -0.39 is 66.5 Å². The van der Waals surface area contributed by atoms with Gasteiger partial charge in [0.2, 0.25) is 5.91 Å². The van der Waals surface area contributed by atoms with Crippen molar-refractivity contribution in [1.29, 1.82) is 0 Å². The summed E-state index contributed by atoms with van der Waals surface area (Å²) in [5.41, 5.74) is 12.5. The lowest BCUT2D eigenvalue weighted by Crippen LogP contribution is -2.55. The molecule has 0 radical (unpaired) electrons. The molecule has 0 spiro atoms. The number of esters is 3. The Kier molecular flexibility index (Phi) is 29.6. The first-order valence-corrected chi connectivity index (χ1v) is 32.9.